The normalized spacial score (nSPS) is 10.2. The number of nitrogens with zero attached hydrogens (tertiary/aromatic N) is 1. The molecule has 0 aliphatic carbocycles. The maximum absolute atomic E-state index is 5.99. The zero-order valence-electron chi connectivity index (χ0n) is 16.7. The smallest absolute Gasteiger partial charge is 0.175 e. The van der Waals surface area contributed by atoms with Crippen LogP contribution in [0.4, 0.5) is 0 Å². The first-order chi connectivity index (χ1) is 12.7. The summed E-state index contributed by atoms with van der Waals surface area (Å²) in [5.74, 6) is 1.49. The van der Waals surface area contributed by atoms with Crippen molar-refractivity contribution in [2.24, 2.45) is 0 Å². The topological polar surface area (TPSA) is 33.7 Å². The van der Waals surface area contributed by atoms with E-state index in [4.69, 9.17) is 9.47 Å². The summed E-state index contributed by atoms with van der Waals surface area (Å²) in [5.41, 5.74) is 2.30. The predicted molar refractivity (Wildman–Crippen MR) is 125 cm³/mol. The van der Waals surface area contributed by atoms with Gasteiger partial charge in [0.2, 0.25) is 0 Å². The van der Waals surface area contributed by atoms with Crippen LogP contribution in [0.25, 0.3) is 0 Å². The van der Waals surface area contributed by atoms with E-state index in [1.54, 1.807) is 7.11 Å². The number of hydrogen-bond acceptors (Lipinski definition) is 4. The quantitative estimate of drug-likeness (QED) is 0.430. The number of hydrogen-bond donors (Lipinski definition) is 1. The van der Waals surface area contributed by atoms with Crippen LogP contribution < -0.4 is 14.8 Å². The molecule has 0 saturated carbocycles. The van der Waals surface area contributed by atoms with Crippen molar-refractivity contribution in [3.05, 3.63) is 58.1 Å². The molecule has 2 aromatic rings. The third kappa shape index (κ3) is 8.58. The van der Waals surface area contributed by atoms with E-state index >= 15 is 0 Å². The average molecular weight is 494 g/mol. The summed E-state index contributed by atoms with van der Waals surface area (Å²) in [6, 6.07) is 14.3. The fourth-order valence-corrected chi connectivity index (χ4v) is 3.36. The second-order valence-corrected chi connectivity index (χ2v) is 6.94. The van der Waals surface area contributed by atoms with Crippen LogP contribution in [0.3, 0.4) is 0 Å². The molecule has 0 saturated heterocycles. The van der Waals surface area contributed by atoms with Gasteiger partial charge >= 0.3 is 0 Å². The van der Waals surface area contributed by atoms with E-state index in [1.165, 1.54) is 5.56 Å². The summed E-state index contributed by atoms with van der Waals surface area (Å²) in [5, 5.41) is 3.50. The maximum Gasteiger partial charge on any atom is 0.175 e. The van der Waals surface area contributed by atoms with Crippen molar-refractivity contribution < 1.29 is 9.47 Å². The molecule has 28 heavy (non-hydrogen) atoms. The molecule has 1 N–H and O–H groups in total. The van der Waals surface area contributed by atoms with Crippen molar-refractivity contribution >= 4 is 40.7 Å². The van der Waals surface area contributed by atoms with Crippen LogP contribution in [0, 0.1) is 0 Å². The monoisotopic (exact) mass is 492 g/mol. The molecule has 0 unspecified atom stereocenters. The molecule has 0 bridgehead atoms. The zero-order chi connectivity index (χ0) is 18.8. The summed E-state index contributed by atoms with van der Waals surface area (Å²) >= 11 is 3.63. The molecule has 2 aromatic carbocycles. The fourth-order valence-electron chi connectivity index (χ4n) is 2.75. The van der Waals surface area contributed by atoms with E-state index in [1.807, 2.05) is 24.3 Å². The highest BCUT2D eigenvalue weighted by molar-refractivity contribution is 9.10. The van der Waals surface area contributed by atoms with Gasteiger partial charge in [-0.2, -0.15) is 0 Å². The lowest BCUT2D eigenvalue weighted by Crippen LogP contribution is -2.31. The second-order valence-electron chi connectivity index (χ2n) is 6.09. The minimum atomic E-state index is 0. The Morgan fingerprint density at radius 2 is 1.68 bits per heavy atom. The van der Waals surface area contributed by atoms with Crippen molar-refractivity contribution in [1.82, 2.24) is 10.2 Å². The first kappa shape index (κ1) is 27.0. The number of benzene rings is 2. The number of methoxy groups -OCH3 is 1. The largest absolute Gasteiger partial charge is 0.493 e. The Morgan fingerprint density at radius 1 is 1.00 bits per heavy atom. The van der Waals surface area contributed by atoms with Crippen LogP contribution in [-0.4, -0.2) is 38.2 Å². The minimum absolute atomic E-state index is 0. The van der Waals surface area contributed by atoms with Crippen LogP contribution in [0.15, 0.2) is 46.9 Å². The molecule has 0 amide bonds. The molecule has 0 aromatic heterocycles. The lowest BCUT2D eigenvalue weighted by atomic mass is 10.2. The van der Waals surface area contributed by atoms with Gasteiger partial charge < -0.3 is 19.7 Å². The van der Waals surface area contributed by atoms with Crippen molar-refractivity contribution in [2.45, 2.75) is 27.0 Å². The third-order valence-electron chi connectivity index (χ3n) is 4.34. The molecule has 0 heterocycles. The Morgan fingerprint density at radius 3 is 2.29 bits per heavy atom. The van der Waals surface area contributed by atoms with Gasteiger partial charge in [0, 0.05) is 19.6 Å². The fraction of sp³-hybridized carbons (Fsp3) is 0.429. The van der Waals surface area contributed by atoms with Crippen molar-refractivity contribution in [3.63, 3.8) is 0 Å². The van der Waals surface area contributed by atoms with Crippen molar-refractivity contribution in [2.75, 3.05) is 33.3 Å². The summed E-state index contributed by atoms with van der Waals surface area (Å²) in [7, 11) is 1.68. The number of ether oxygens (including phenoxy) is 2. The minimum Gasteiger partial charge on any atom is -0.493 e. The van der Waals surface area contributed by atoms with Gasteiger partial charge in [-0.15, -0.1) is 24.8 Å². The predicted octanol–water partition coefficient (Wildman–Crippen LogP) is 5.31. The highest BCUT2D eigenvalue weighted by atomic mass is 79.9. The molecule has 0 fully saturated rings. The third-order valence-corrected chi connectivity index (χ3v) is 4.93. The zero-order valence-corrected chi connectivity index (χ0v) is 20.0. The average Bonchev–Trinajstić information content (AvgIpc) is 2.67. The van der Waals surface area contributed by atoms with E-state index in [2.05, 4.69) is 58.2 Å². The Kier molecular flexibility index (Phi) is 14.4. The molecule has 2 rings (SSSR count). The van der Waals surface area contributed by atoms with Crippen molar-refractivity contribution in [1.29, 1.82) is 0 Å². The first-order valence-corrected chi connectivity index (χ1v) is 9.93. The van der Waals surface area contributed by atoms with E-state index in [0.717, 1.165) is 54.3 Å². The van der Waals surface area contributed by atoms with E-state index in [0.29, 0.717) is 6.61 Å². The van der Waals surface area contributed by atoms with Crippen LogP contribution in [0.1, 0.15) is 25.0 Å². The van der Waals surface area contributed by atoms with Crippen LogP contribution in [-0.2, 0) is 13.2 Å². The standard InChI is InChI=1S/C21H29BrN2O2.2ClH/c1-4-24(5-2)12-11-23-15-18-13-19(22)21(20(14-18)25-3)26-16-17-9-7-6-8-10-17;;/h6-10,13-14,23H,4-5,11-12,15-16H2,1-3H3;2*1H. The second kappa shape index (κ2) is 14.9. The summed E-state index contributed by atoms with van der Waals surface area (Å²) in [6.45, 7) is 9.90. The molecular formula is C21H31BrCl2N2O2. The van der Waals surface area contributed by atoms with E-state index < -0.39 is 0 Å². The molecular weight excluding hydrogens is 463 g/mol. The Labute approximate surface area is 189 Å². The molecule has 7 heteroatoms. The van der Waals surface area contributed by atoms with Gasteiger partial charge in [0.25, 0.3) is 0 Å². The van der Waals surface area contributed by atoms with Crippen LogP contribution in [0.2, 0.25) is 0 Å². The van der Waals surface area contributed by atoms with Gasteiger partial charge in [-0.05, 0) is 52.3 Å². The summed E-state index contributed by atoms with van der Waals surface area (Å²) in [4.78, 5) is 2.41. The van der Waals surface area contributed by atoms with Gasteiger partial charge in [-0.25, -0.2) is 0 Å². The van der Waals surface area contributed by atoms with Crippen LogP contribution in [0.5, 0.6) is 11.5 Å². The van der Waals surface area contributed by atoms with Crippen LogP contribution >= 0.6 is 40.7 Å². The molecule has 158 valence electrons. The van der Waals surface area contributed by atoms with Gasteiger partial charge in [0.05, 0.1) is 11.6 Å². The molecule has 0 aliphatic rings. The number of likely N-dealkylation sites (N-methyl/N-ethyl adjacent to an activating group) is 1. The maximum atomic E-state index is 5.99. The van der Waals surface area contributed by atoms with Gasteiger partial charge in [-0.3, -0.25) is 0 Å². The number of halogens is 3. The Bertz CT molecular complexity index is 671. The lowest BCUT2D eigenvalue weighted by molar-refractivity contribution is 0.282. The highest BCUT2D eigenvalue weighted by Crippen LogP contribution is 2.37. The lowest BCUT2D eigenvalue weighted by Gasteiger charge is -2.18. The summed E-state index contributed by atoms with van der Waals surface area (Å²) < 4.78 is 12.4. The molecule has 0 radical (unpaired) electrons. The molecule has 0 aliphatic heterocycles. The number of nitrogens with one attached hydrogen (secondary N) is 1. The molecule has 4 nitrogen and oxygen atoms in total. The SMILES string of the molecule is CCN(CC)CCNCc1cc(Br)c(OCc2ccccc2)c(OC)c1.Cl.Cl. The molecule has 0 spiro atoms. The van der Waals surface area contributed by atoms with Gasteiger partial charge in [0.15, 0.2) is 11.5 Å². The van der Waals surface area contributed by atoms with E-state index in [9.17, 15) is 0 Å². The highest BCUT2D eigenvalue weighted by Gasteiger charge is 2.12. The van der Waals surface area contributed by atoms with Crippen molar-refractivity contribution in [3.8, 4) is 11.5 Å². The van der Waals surface area contributed by atoms with Gasteiger partial charge in [-0.1, -0.05) is 44.2 Å². The summed E-state index contributed by atoms with van der Waals surface area (Å²) in [6.07, 6.45) is 0. The first-order valence-electron chi connectivity index (χ1n) is 9.14. The number of rotatable bonds is 11. The van der Waals surface area contributed by atoms with Gasteiger partial charge in [0.1, 0.15) is 6.61 Å². The Balaban J connectivity index is 0.00000364. The Hall–Kier alpha value is -0.980. The molecule has 0 atom stereocenters. The van der Waals surface area contributed by atoms with E-state index in [-0.39, 0.29) is 24.8 Å².